The molecule has 0 aliphatic carbocycles. The Balaban J connectivity index is 0.000000313. The molecule has 1 aromatic heterocycles. The average molecular weight is 642 g/mol. The Kier molecular flexibility index (Phi) is 13.6. The summed E-state index contributed by atoms with van der Waals surface area (Å²) in [4.78, 5) is 16.4. The van der Waals surface area contributed by atoms with Crippen LogP contribution in [0, 0.1) is 12.7 Å². The lowest BCUT2D eigenvalue weighted by atomic mass is 9.99. The normalized spacial score (nSPS) is 13.3. The van der Waals surface area contributed by atoms with Gasteiger partial charge >= 0.3 is 12.2 Å². The molecule has 246 valence electrons. The first-order chi connectivity index (χ1) is 21.3. The van der Waals surface area contributed by atoms with Crippen LogP contribution in [0.2, 0.25) is 0 Å². The molecule has 1 aliphatic heterocycles. The number of alkyl halides is 5. The van der Waals surface area contributed by atoms with Crippen molar-refractivity contribution in [2.45, 2.75) is 66.0 Å². The van der Waals surface area contributed by atoms with Crippen LogP contribution in [0.5, 0.6) is 0 Å². The fraction of sp³-hybridized carbons (Fsp3) is 0.419. The summed E-state index contributed by atoms with van der Waals surface area (Å²) in [7, 11) is 0. The fourth-order valence-corrected chi connectivity index (χ4v) is 4.07. The topological polar surface area (TPSA) is 92.8 Å². The van der Waals surface area contributed by atoms with Gasteiger partial charge in [0.25, 0.3) is 11.8 Å². The van der Waals surface area contributed by atoms with Crippen LogP contribution in [0.1, 0.15) is 62.8 Å². The zero-order valence-corrected chi connectivity index (χ0v) is 25.8. The number of rotatable bonds is 10. The number of carbonyl (C=O) groups is 1. The summed E-state index contributed by atoms with van der Waals surface area (Å²) >= 11 is 0. The number of carbonyl (C=O) groups excluding carboxylic acids is 1. The maximum atomic E-state index is 14.4. The Morgan fingerprint density at radius 1 is 1.11 bits per heavy atom. The number of aromatic nitrogens is 2. The van der Waals surface area contributed by atoms with E-state index in [1.165, 1.54) is 13.0 Å². The summed E-state index contributed by atoms with van der Waals surface area (Å²) in [6.07, 6.45) is -1.48. The van der Waals surface area contributed by atoms with Crippen molar-refractivity contribution in [2.75, 3.05) is 24.5 Å². The maximum Gasteiger partial charge on any atom is 0.451 e. The molecule has 0 unspecified atom stereocenters. The van der Waals surface area contributed by atoms with Crippen LogP contribution >= 0.6 is 0 Å². The third-order valence-electron chi connectivity index (χ3n) is 6.53. The van der Waals surface area contributed by atoms with E-state index in [2.05, 4.69) is 26.8 Å². The third-order valence-corrected chi connectivity index (χ3v) is 6.53. The molecule has 2 aromatic carbocycles. The van der Waals surface area contributed by atoms with Gasteiger partial charge in [-0.25, -0.2) is 4.39 Å². The third kappa shape index (κ3) is 10.4. The molecule has 0 spiro atoms. The summed E-state index contributed by atoms with van der Waals surface area (Å²) < 4.78 is 84.4. The molecule has 4 rings (SSSR count). The van der Waals surface area contributed by atoms with Crippen molar-refractivity contribution in [2.24, 2.45) is 5.16 Å². The van der Waals surface area contributed by atoms with E-state index < -0.39 is 35.8 Å². The largest absolute Gasteiger partial charge is 0.451 e. The lowest BCUT2D eigenvalue weighted by Crippen LogP contribution is -2.30. The molecule has 0 radical (unpaired) electrons. The number of halogens is 6. The second-order valence-electron chi connectivity index (χ2n) is 9.67. The van der Waals surface area contributed by atoms with Gasteiger partial charge in [-0.1, -0.05) is 55.3 Å². The number of hydrogen-bond acceptors (Lipinski definition) is 7. The second-order valence-corrected chi connectivity index (χ2v) is 9.67. The van der Waals surface area contributed by atoms with Crippen molar-refractivity contribution in [3.63, 3.8) is 0 Å². The smallest absolute Gasteiger partial charge is 0.403 e. The summed E-state index contributed by atoms with van der Waals surface area (Å²) in [5.74, 6) is -5.65. The molecule has 0 bridgehead atoms. The zero-order chi connectivity index (χ0) is 33.8. The van der Waals surface area contributed by atoms with Crippen LogP contribution in [0.25, 0.3) is 11.5 Å². The molecule has 2 heterocycles. The van der Waals surface area contributed by atoms with Gasteiger partial charge in [-0.05, 0) is 68.5 Å². The number of allylic oxidation sites excluding steroid dienone is 1. The van der Waals surface area contributed by atoms with Crippen LogP contribution in [0.15, 0.2) is 58.3 Å². The van der Waals surface area contributed by atoms with E-state index in [9.17, 15) is 31.1 Å². The minimum atomic E-state index is -4.59. The molecule has 45 heavy (non-hydrogen) atoms. The Hall–Kier alpha value is -4.36. The predicted molar refractivity (Wildman–Crippen MR) is 159 cm³/mol. The minimum Gasteiger partial charge on any atom is -0.403 e. The SMILES string of the molecule is C=C(O/N=C(\C)c1ccc(CC)cc1)C(F)(F)F.CC.Cc1cc(-c2nnc(N3CCCC3)o2)c(F)cc1C(F)(F)CNC=O. The highest BCUT2D eigenvalue weighted by molar-refractivity contribution is 5.98. The minimum absolute atomic E-state index is 0.0293. The van der Waals surface area contributed by atoms with E-state index in [-0.39, 0.29) is 23.4 Å². The number of oxime groups is 1. The molecule has 1 amide bonds. The van der Waals surface area contributed by atoms with Gasteiger partial charge in [-0.2, -0.15) is 22.0 Å². The summed E-state index contributed by atoms with van der Waals surface area (Å²) in [6, 6.07) is 9.67. The summed E-state index contributed by atoms with van der Waals surface area (Å²) in [6.45, 7) is 12.5. The molecular formula is C31H37F6N5O3. The van der Waals surface area contributed by atoms with Gasteiger partial charge in [0, 0.05) is 18.7 Å². The lowest BCUT2D eigenvalue weighted by Gasteiger charge is -2.19. The summed E-state index contributed by atoms with van der Waals surface area (Å²) in [5, 5.41) is 13.1. The van der Waals surface area contributed by atoms with Crippen molar-refractivity contribution in [3.05, 3.63) is 76.8 Å². The predicted octanol–water partition coefficient (Wildman–Crippen LogP) is 7.71. The van der Waals surface area contributed by atoms with E-state index in [1.54, 1.807) is 19.1 Å². The van der Waals surface area contributed by atoms with Crippen LogP contribution < -0.4 is 10.2 Å². The van der Waals surface area contributed by atoms with E-state index in [1.807, 2.05) is 43.1 Å². The van der Waals surface area contributed by atoms with Gasteiger partial charge in [0.15, 0.2) is 0 Å². The molecule has 1 N–H and O–H groups in total. The first-order valence-electron chi connectivity index (χ1n) is 14.3. The maximum absolute atomic E-state index is 14.4. The second kappa shape index (κ2) is 16.6. The number of benzene rings is 2. The Morgan fingerprint density at radius 3 is 2.29 bits per heavy atom. The molecule has 1 aliphatic rings. The highest BCUT2D eigenvalue weighted by atomic mass is 19.4. The number of anilines is 1. The first-order valence-corrected chi connectivity index (χ1v) is 14.3. The molecule has 0 saturated carbocycles. The number of hydrogen-bond donors (Lipinski definition) is 1. The van der Waals surface area contributed by atoms with E-state index in [0.717, 1.165) is 44.0 Å². The molecule has 3 aromatic rings. The number of amides is 1. The zero-order valence-electron chi connectivity index (χ0n) is 25.8. The van der Waals surface area contributed by atoms with E-state index in [4.69, 9.17) is 4.42 Å². The summed E-state index contributed by atoms with van der Waals surface area (Å²) in [5.41, 5.74) is 1.85. The molecule has 1 saturated heterocycles. The quantitative estimate of drug-likeness (QED) is 0.0802. The van der Waals surface area contributed by atoms with Crippen molar-refractivity contribution in [1.29, 1.82) is 0 Å². The van der Waals surface area contributed by atoms with Crippen LogP contribution in [0.3, 0.4) is 0 Å². The lowest BCUT2D eigenvalue weighted by molar-refractivity contribution is -0.130. The van der Waals surface area contributed by atoms with Gasteiger partial charge in [0.1, 0.15) is 5.82 Å². The Labute approximate surface area is 258 Å². The average Bonchev–Trinajstić information content (AvgIpc) is 3.73. The van der Waals surface area contributed by atoms with Crippen molar-refractivity contribution < 1.29 is 40.4 Å². The van der Waals surface area contributed by atoms with E-state index in [0.29, 0.717) is 17.3 Å². The van der Waals surface area contributed by atoms with Crippen LogP contribution in [-0.4, -0.2) is 48.1 Å². The molecule has 8 nitrogen and oxygen atoms in total. The van der Waals surface area contributed by atoms with Crippen molar-refractivity contribution in [3.8, 4) is 11.5 Å². The fourth-order valence-electron chi connectivity index (χ4n) is 4.07. The highest BCUT2D eigenvalue weighted by Crippen LogP contribution is 2.35. The van der Waals surface area contributed by atoms with Gasteiger partial charge < -0.3 is 19.5 Å². The van der Waals surface area contributed by atoms with Gasteiger partial charge in [0.2, 0.25) is 12.2 Å². The highest BCUT2D eigenvalue weighted by Gasteiger charge is 2.35. The van der Waals surface area contributed by atoms with Crippen LogP contribution in [-0.2, 0) is 22.0 Å². The Bertz CT molecular complexity index is 1430. The molecular weight excluding hydrogens is 604 g/mol. The van der Waals surface area contributed by atoms with Gasteiger partial charge in [0.05, 0.1) is 17.8 Å². The molecule has 14 heteroatoms. The molecule has 1 fully saturated rings. The number of aryl methyl sites for hydroxylation is 2. The number of nitrogens with one attached hydrogen (secondary N) is 1. The monoisotopic (exact) mass is 641 g/mol. The molecule has 0 atom stereocenters. The number of nitrogens with zero attached hydrogens (tertiary/aromatic N) is 4. The van der Waals surface area contributed by atoms with Gasteiger partial charge in [-0.3, -0.25) is 4.79 Å². The van der Waals surface area contributed by atoms with Crippen molar-refractivity contribution >= 4 is 18.1 Å². The van der Waals surface area contributed by atoms with Gasteiger partial charge in [-0.15, -0.1) is 5.10 Å². The van der Waals surface area contributed by atoms with E-state index >= 15 is 0 Å². The van der Waals surface area contributed by atoms with Crippen LogP contribution in [0.4, 0.5) is 32.4 Å². The standard InChI is InChI=1S/C16H17F3N4O2.C13H14F3NO.C2H6/c1-10-6-11(13(17)7-12(10)16(18,19)8-20-9-24)14-21-22-15(25-14)23-4-2-3-5-23;1-4-11-5-7-12(8-6-11)9(2)17-18-10(3)13(14,15)16;1-2/h6-7,9H,2-5,8H2,1H3,(H,20,24);5-8H,3-4H2,1-2H3;1-2H3/b;17-9+;. The van der Waals surface area contributed by atoms with Crippen molar-refractivity contribution in [1.82, 2.24) is 15.5 Å². The Morgan fingerprint density at radius 2 is 1.73 bits per heavy atom. The first kappa shape index (κ1) is 36.8.